The Labute approximate surface area is 121 Å². The van der Waals surface area contributed by atoms with Crippen LogP contribution in [0.5, 0.6) is 5.75 Å². The molecule has 7 nitrogen and oxygen atoms in total. The third kappa shape index (κ3) is 4.11. The Hall–Kier alpha value is -3.27. The average molecular weight is 283 g/mol. The van der Waals surface area contributed by atoms with Gasteiger partial charge in [-0.3, -0.25) is 10.8 Å². The number of hydrazone groups is 1. The van der Waals surface area contributed by atoms with Gasteiger partial charge in [-0.15, -0.1) is 0 Å². The molecule has 7 heteroatoms. The topological polar surface area (TPSA) is 120 Å². The molecule has 0 bridgehead atoms. The van der Waals surface area contributed by atoms with Crippen LogP contribution in [0.15, 0.2) is 52.2 Å². The number of anilines is 1. The normalized spacial score (nSPS) is 10.7. The predicted molar refractivity (Wildman–Crippen MR) is 78.1 cm³/mol. The van der Waals surface area contributed by atoms with E-state index in [1.807, 2.05) is 6.07 Å². The van der Waals surface area contributed by atoms with Gasteiger partial charge in [0.25, 0.3) is 0 Å². The summed E-state index contributed by atoms with van der Waals surface area (Å²) < 4.78 is 10.7. The molecule has 0 fully saturated rings. The Morgan fingerprint density at radius 2 is 2.14 bits per heavy atom. The van der Waals surface area contributed by atoms with E-state index in [2.05, 4.69) is 10.5 Å². The van der Waals surface area contributed by atoms with Crippen molar-refractivity contribution in [2.75, 3.05) is 5.43 Å². The van der Waals surface area contributed by atoms with Gasteiger partial charge in [0.1, 0.15) is 24.2 Å². The van der Waals surface area contributed by atoms with Crippen LogP contribution in [0.2, 0.25) is 0 Å². The smallest absolute Gasteiger partial charge is 0.201 e. The predicted octanol–water partition coefficient (Wildman–Crippen LogP) is 2.09. The van der Waals surface area contributed by atoms with E-state index in [1.54, 1.807) is 42.7 Å². The van der Waals surface area contributed by atoms with Crippen molar-refractivity contribution in [1.82, 2.24) is 0 Å². The Balaban J connectivity index is 1.93. The molecule has 0 saturated carbocycles. The zero-order valence-electron chi connectivity index (χ0n) is 11.0. The fraction of sp³-hybridized carbons (Fsp3) is 0.0714. The van der Waals surface area contributed by atoms with E-state index >= 15 is 0 Å². The van der Waals surface area contributed by atoms with Crippen LogP contribution >= 0.6 is 0 Å². The lowest BCUT2D eigenvalue weighted by Gasteiger charge is -2.05. The summed E-state index contributed by atoms with van der Waals surface area (Å²) in [7, 11) is 0. The van der Waals surface area contributed by atoms with Crippen LogP contribution in [-0.4, -0.2) is 11.5 Å². The molecule has 1 aromatic heterocycles. The maximum atomic E-state index is 8.71. The van der Waals surface area contributed by atoms with Crippen molar-refractivity contribution < 1.29 is 9.15 Å². The number of benzene rings is 1. The highest BCUT2D eigenvalue weighted by Crippen LogP contribution is 2.17. The molecule has 0 amide bonds. The summed E-state index contributed by atoms with van der Waals surface area (Å²) >= 11 is 0. The Morgan fingerprint density at radius 3 is 2.71 bits per heavy atom. The first-order valence-electron chi connectivity index (χ1n) is 6.02. The maximum absolute atomic E-state index is 8.71. The van der Waals surface area contributed by atoms with Gasteiger partial charge in [-0.25, -0.2) is 0 Å². The lowest BCUT2D eigenvalue weighted by Crippen LogP contribution is -2.21. The van der Waals surface area contributed by atoms with Crippen molar-refractivity contribution >= 4 is 17.2 Å². The Bertz CT molecular complexity index is 668. The zero-order chi connectivity index (χ0) is 15.1. The fourth-order valence-corrected chi connectivity index (χ4v) is 1.44. The van der Waals surface area contributed by atoms with Gasteiger partial charge in [0, 0.05) is 0 Å². The van der Waals surface area contributed by atoms with E-state index in [1.165, 1.54) is 0 Å². The molecule has 4 N–H and O–H groups in total. The molecular formula is C14H13N5O2. The van der Waals surface area contributed by atoms with E-state index in [0.29, 0.717) is 18.0 Å². The van der Waals surface area contributed by atoms with Gasteiger partial charge in [0.05, 0.1) is 12.0 Å². The largest absolute Gasteiger partial charge is 0.486 e. The minimum absolute atomic E-state index is 0.173. The van der Waals surface area contributed by atoms with Crippen LogP contribution in [0.1, 0.15) is 5.76 Å². The molecule has 0 aliphatic carbocycles. The average Bonchev–Trinajstić information content (AvgIpc) is 3.00. The SMILES string of the molecule is N#C/C(=N\Nc1ccc(OCc2ccco2)cc1)C(=N)N. The molecule has 1 aromatic carbocycles. The first-order valence-corrected chi connectivity index (χ1v) is 6.02. The number of nitrogens with two attached hydrogens (primary N) is 1. The molecule has 0 unspecified atom stereocenters. The highest BCUT2D eigenvalue weighted by molar-refractivity contribution is 6.45. The number of amidine groups is 1. The summed E-state index contributed by atoms with van der Waals surface area (Å²) in [5.41, 5.74) is 8.30. The van der Waals surface area contributed by atoms with E-state index in [9.17, 15) is 0 Å². The first-order chi connectivity index (χ1) is 10.2. The van der Waals surface area contributed by atoms with Crippen molar-refractivity contribution in [2.45, 2.75) is 6.61 Å². The quantitative estimate of drug-likeness (QED) is 0.426. The molecule has 0 radical (unpaired) electrons. The molecule has 0 saturated heterocycles. The second-order valence-electron chi connectivity index (χ2n) is 3.99. The summed E-state index contributed by atoms with van der Waals surface area (Å²) in [6.45, 7) is 0.348. The van der Waals surface area contributed by atoms with Crippen molar-refractivity contribution in [2.24, 2.45) is 10.8 Å². The molecule has 0 aliphatic heterocycles. The van der Waals surface area contributed by atoms with Gasteiger partial charge in [-0.2, -0.15) is 10.4 Å². The molecule has 0 atom stereocenters. The van der Waals surface area contributed by atoms with Crippen LogP contribution in [-0.2, 0) is 6.61 Å². The summed E-state index contributed by atoms with van der Waals surface area (Å²) in [6.07, 6.45) is 1.59. The highest BCUT2D eigenvalue weighted by atomic mass is 16.5. The minimum atomic E-state index is -0.386. The second-order valence-corrected chi connectivity index (χ2v) is 3.99. The van der Waals surface area contributed by atoms with Gasteiger partial charge in [0.2, 0.25) is 5.71 Å². The standard InChI is InChI=1S/C14H13N5O2/c15-8-13(14(16)17)19-18-10-3-5-11(6-4-10)21-9-12-2-1-7-20-12/h1-7,18H,9H2,(H3,16,17)/b19-13+. The maximum Gasteiger partial charge on any atom is 0.201 e. The van der Waals surface area contributed by atoms with Crippen LogP contribution in [0.3, 0.4) is 0 Å². The van der Waals surface area contributed by atoms with Gasteiger partial charge in [0.15, 0.2) is 5.84 Å². The number of nitrogens with zero attached hydrogens (tertiary/aromatic N) is 2. The fourth-order valence-electron chi connectivity index (χ4n) is 1.44. The van der Waals surface area contributed by atoms with Crippen LogP contribution in [0, 0.1) is 16.7 Å². The van der Waals surface area contributed by atoms with Crippen LogP contribution < -0.4 is 15.9 Å². The molecule has 0 aliphatic rings. The number of hydrogen-bond donors (Lipinski definition) is 3. The van der Waals surface area contributed by atoms with Gasteiger partial charge >= 0.3 is 0 Å². The minimum Gasteiger partial charge on any atom is -0.486 e. The number of furan rings is 1. The van der Waals surface area contributed by atoms with E-state index in [-0.39, 0.29) is 11.5 Å². The highest BCUT2D eigenvalue weighted by Gasteiger charge is 2.01. The number of ether oxygens (including phenoxy) is 1. The molecule has 2 aromatic rings. The number of hydrogen-bond acceptors (Lipinski definition) is 6. The second kappa shape index (κ2) is 6.77. The monoisotopic (exact) mass is 283 g/mol. The first kappa shape index (κ1) is 14.1. The summed E-state index contributed by atoms with van der Waals surface area (Å²) in [4.78, 5) is 0. The number of nitriles is 1. The van der Waals surface area contributed by atoms with Gasteiger partial charge < -0.3 is 14.9 Å². The number of nitrogens with one attached hydrogen (secondary N) is 2. The third-order valence-electron chi connectivity index (χ3n) is 2.47. The van der Waals surface area contributed by atoms with Crippen LogP contribution in [0.25, 0.3) is 0 Å². The van der Waals surface area contributed by atoms with E-state index in [0.717, 1.165) is 5.76 Å². The van der Waals surface area contributed by atoms with Gasteiger partial charge in [-0.1, -0.05) is 0 Å². The number of rotatable bonds is 6. The van der Waals surface area contributed by atoms with Crippen molar-refractivity contribution in [3.05, 3.63) is 48.4 Å². The molecular weight excluding hydrogens is 270 g/mol. The van der Waals surface area contributed by atoms with Crippen molar-refractivity contribution in [1.29, 1.82) is 10.7 Å². The van der Waals surface area contributed by atoms with Gasteiger partial charge in [-0.05, 0) is 36.4 Å². The summed E-state index contributed by atoms with van der Waals surface area (Å²) in [6, 6.07) is 12.3. The van der Waals surface area contributed by atoms with Crippen molar-refractivity contribution in [3.63, 3.8) is 0 Å². The lowest BCUT2D eigenvalue weighted by molar-refractivity contribution is 0.270. The Kier molecular flexibility index (Phi) is 4.56. The van der Waals surface area contributed by atoms with Crippen molar-refractivity contribution in [3.8, 4) is 11.8 Å². The van der Waals surface area contributed by atoms with Crippen LogP contribution in [0.4, 0.5) is 5.69 Å². The molecule has 0 spiro atoms. The molecule has 1 heterocycles. The zero-order valence-corrected chi connectivity index (χ0v) is 11.0. The Morgan fingerprint density at radius 1 is 1.38 bits per heavy atom. The third-order valence-corrected chi connectivity index (χ3v) is 2.47. The summed E-state index contributed by atoms with van der Waals surface area (Å²) in [5, 5.41) is 19.6. The molecule has 2 rings (SSSR count). The molecule has 21 heavy (non-hydrogen) atoms. The van der Waals surface area contributed by atoms with E-state index < -0.39 is 0 Å². The van der Waals surface area contributed by atoms with E-state index in [4.69, 9.17) is 25.6 Å². The lowest BCUT2D eigenvalue weighted by atomic mass is 10.3. The summed E-state index contributed by atoms with van der Waals surface area (Å²) in [5.74, 6) is 1.03. The molecule has 106 valence electrons.